The molecular formula is C11H9F3N2O4S2. The maximum atomic E-state index is 13.1. The van der Waals surface area contributed by atoms with Gasteiger partial charge in [0.1, 0.15) is 5.69 Å². The van der Waals surface area contributed by atoms with Crippen LogP contribution in [-0.4, -0.2) is 25.2 Å². The number of nitro groups is 1. The van der Waals surface area contributed by atoms with Crippen molar-refractivity contribution in [3.05, 3.63) is 30.6 Å². The molecule has 0 aliphatic carbocycles. The number of nitrogens with zero attached hydrogens (tertiary/aromatic N) is 1. The summed E-state index contributed by atoms with van der Waals surface area (Å²) >= 11 is 0.982. The Labute approximate surface area is 129 Å². The molecule has 11 heteroatoms. The molecule has 0 fully saturated rings. The molecule has 0 spiro atoms. The third kappa shape index (κ3) is 3.20. The van der Waals surface area contributed by atoms with Gasteiger partial charge in [0.15, 0.2) is 0 Å². The highest BCUT2D eigenvalue weighted by molar-refractivity contribution is 7.36. The minimum atomic E-state index is -4.78. The third-order valence-corrected chi connectivity index (χ3v) is 4.90. The third-order valence-electron chi connectivity index (χ3n) is 2.70. The van der Waals surface area contributed by atoms with Gasteiger partial charge in [-0.15, -0.1) is 0 Å². The van der Waals surface area contributed by atoms with Crippen LogP contribution >= 0.6 is 22.7 Å². The number of fused-ring (bicyclic) bond motifs is 1. The molecule has 0 radical (unpaired) electrons. The molecule has 2 rings (SSSR count). The van der Waals surface area contributed by atoms with Crippen LogP contribution in [0.15, 0.2) is 10.9 Å². The van der Waals surface area contributed by atoms with E-state index >= 15 is 0 Å². The Morgan fingerprint density at radius 1 is 1.36 bits per heavy atom. The van der Waals surface area contributed by atoms with Gasteiger partial charge in [-0.1, -0.05) is 22.7 Å². The summed E-state index contributed by atoms with van der Waals surface area (Å²) in [6.07, 6.45) is -4.78. The smallest absolute Gasteiger partial charge is 0.383 e. The fourth-order valence-electron chi connectivity index (χ4n) is 1.82. The number of ether oxygens (including phenoxy) is 1. The molecule has 0 atom stereocenters. The Hall–Kier alpha value is -1.72. The van der Waals surface area contributed by atoms with Crippen LogP contribution in [0.25, 0.3) is 9.40 Å². The van der Waals surface area contributed by atoms with Gasteiger partial charge in [0.2, 0.25) is 0 Å². The summed E-state index contributed by atoms with van der Waals surface area (Å²) in [7, 11) is 1.42. The molecule has 0 saturated carbocycles. The van der Waals surface area contributed by atoms with Crippen LogP contribution in [0.4, 0.5) is 24.5 Å². The number of rotatable bonds is 5. The predicted molar refractivity (Wildman–Crippen MR) is 78.0 cm³/mol. The summed E-state index contributed by atoms with van der Waals surface area (Å²) in [5.41, 5.74) is -1.98. The molecule has 0 saturated heterocycles. The fraction of sp³-hybridized carbons (Fsp3) is 0.364. The zero-order valence-electron chi connectivity index (χ0n) is 11.0. The molecule has 6 nitrogen and oxygen atoms in total. The number of nitrogens with one attached hydrogen (secondary N) is 1. The molecule has 2 aromatic rings. The monoisotopic (exact) mass is 354 g/mol. The predicted octanol–water partition coefficient (Wildman–Crippen LogP) is 3.31. The van der Waals surface area contributed by atoms with Gasteiger partial charge in [0.05, 0.1) is 26.5 Å². The normalized spacial score (nSPS) is 11.8. The number of hydrogen-bond acceptors (Lipinski definition) is 7. The largest absolute Gasteiger partial charge is 0.418 e. The van der Waals surface area contributed by atoms with Gasteiger partial charge in [-0.25, -0.2) is 0 Å². The van der Waals surface area contributed by atoms with E-state index in [4.69, 9.17) is 4.74 Å². The Bertz CT molecular complexity index is 769. The number of alkyl halides is 3. The number of halogens is 3. The number of anilines is 1. The van der Waals surface area contributed by atoms with Crippen molar-refractivity contribution < 1.29 is 22.8 Å². The molecule has 1 heterocycles. The summed E-state index contributed by atoms with van der Waals surface area (Å²) in [5, 5.41) is 13.8. The van der Waals surface area contributed by atoms with E-state index in [1.54, 1.807) is 0 Å². The lowest BCUT2D eigenvalue weighted by atomic mass is 10.1. The minimum Gasteiger partial charge on any atom is -0.383 e. The van der Waals surface area contributed by atoms with Gasteiger partial charge in [-0.3, -0.25) is 14.9 Å². The molecule has 0 aliphatic rings. The van der Waals surface area contributed by atoms with Gasteiger partial charge in [-0.05, 0) is 0 Å². The molecular weight excluding hydrogens is 345 g/mol. The lowest BCUT2D eigenvalue weighted by molar-refractivity contribution is -0.384. The number of nitro benzene ring substituents is 1. The quantitative estimate of drug-likeness (QED) is 0.506. The van der Waals surface area contributed by atoms with E-state index in [2.05, 4.69) is 5.32 Å². The second kappa shape index (κ2) is 6.18. The first-order valence-electron chi connectivity index (χ1n) is 5.80. The molecule has 1 N–H and O–H groups in total. The highest BCUT2D eigenvalue weighted by atomic mass is 32.2. The van der Waals surface area contributed by atoms with Crippen molar-refractivity contribution in [1.82, 2.24) is 0 Å². The highest BCUT2D eigenvalue weighted by Gasteiger charge is 2.37. The number of methoxy groups -OCH3 is 1. The van der Waals surface area contributed by atoms with Crippen molar-refractivity contribution in [1.29, 1.82) is 0 Å². The summed E-state index contributed by atoms with van der Waals surface area (Å²) in [4.78, 5) is 21.7. The zero-order valence-corrected chi connectivity index (χ0v) is 12.7. The average Bonchev–Trinajstić information content (AvgIpc) is 2.78. The highest BCUT2D eigenvalue weighted by Crippen LogP contribution is 2.45. The molecule has 120 valence electrons. The summed E-state index contributed by atoms with van der Waals surface area (Å²) < 4.78 is 43.0. The van der Waals surface area contributed by atoms with Crippen LogP contribution in [-0.2, 0) is 10.9 Å². The summed E-state index contributed by atoms with van der Waals surface area (Å²) in [5.74, 6) is 0. The van der Waals surface area contributed by atoms with Gasteiger partial charge in [0.25, 0.3) is 9.74 Å². The van der Waals surface area contributed by atoms with Crippen molar-refractivity contribution in [2.75, 3.05) is 25.6 Å². The molecule has 1 aromatic heterocycles. The topological polar surface area (TPSA) is 81.5 Å². The van der Waals surface area contributed by atoms with Gasteiger partial charge < -0.3 is 10.1 Å². The van der Waals surface area contributed by atoms with Crippen LogP contribution in [0.1, 0.15) is 5.56 Å². The standard InChI is InChI=1S/C11H9F3N2O4S2/c1-20-3-2-15-7-6(16(18)19)4-5(11(12,13)14)8-9(7)22-10(17)21-8/h4,15H,2-3H2,1H3. The Morgan fingerprint density at radius 3 is 2.55 bits per heavy atom. The lowest BCUT2D eigenvalue weighted by Gasteiger charge is -2.12. The lowest BCUT2D eigenvalue weighted by Crippen LogP contribution is -2.11. The van der Waals surface area contributed by atoms with E-state index in [1.807, 2.05) is 0 Å². The van der Waals surface area contributed by atoms with E-state index in [0.717, 1.165) is 0 Å². The average molecular weight is 354 g/mol. The number of benzene rings is 1. The maximum absolute atomic E-state index is 13.1. The van der Waals surface area contributed by atoms with E-state index in [1.165, 1.54) is 7.11 Å². The first-order chi connectivity index (χ1) is 10.3. The van der Waals surface area contributed by atoms with E-state index in [9.17, 15) is 28.1 Å². The fourth-order valence-corrected chi connectivity index (χ4v) is 4.03. The molecule has 0 aliphatic heterocycles. The molecule has 1 aromatic carbocycles. The van der Waals surface area contributed by atoms with Crippen LogP contribution in [0.3, 0.4) is 0 Å². The minimum absolute atomic E-state index is 0.0624. The van der Waals surface area contributed by atoms with Crippen molar-refractivity contribution in [2.24, 2.45) is 0 Å². The summed E-state index contributed by atoms with van der Waals surface area (Å²) in [6, 6.07) is 0.458. The second-order valence-corrected chi connectivity index (χ2v) is 6.33. The Morgan fingerprint density at radius 2 is 2.00 bits per heavy atom. The number of hydrogen-bond donors (Lipinski definition) is 1. The van der Waals surface area contributed by atoms with Crippen LogP contribution < -0.4 is 9.37 Å². The first kappa shape index (κ1) is 16.6. The van der Waals surface area contributed by atoms with Gasteiger partial charge in [-0.2, -0.15) is 13.2 Å². The van der Waals surface area contributed by atoms with Crippen molar-refractivity contribution in [3.8, 4) is 0 Å². The van der Waals surface area contributed by atoms with E-state index in [0.29, 0.717) is 28.7 Å². The second-order valence-electron chi connectivity index (χ2n) is 4.11. The van der Waals surface area contributed by atoms with E-state index in [-0.39, 0.29) is 28.2 Å². The van der Waals surface area contributed by atoms with Crippen molar-refractivity contribution >= 4 is 43.4 Å². The molecule has 22 heavy (non-hydrogen) atoms. The summed E-state index contributed by atoms with van der Waals surface area (Å²) in [6.45, 7) is 0.368. The molecule has 0 unspecified atom stereocenters. The van der Waals surface area contributed by atoms with E-state index < -0.39 is 26.4 Å². The molecule has 0 bridgehead atoms. The Kier molecular flexibility index (Phi) is 4.68. The van der Waals surface area contributed by atoms with Crippen LogP contribution in [0.2, 0.25) is 0 Å². The van der Waals surface area contributed by atoms with Gasteiger partial charge in [0, 0.05) is 19.7 Å². The van der Waals surface area contributed by atoms with Crippen molar-refractivity contribution in [3.63, 3.8) is 0 Å². The first-order valence-corrected chi connectivity index (χ1v) is 7.44. The van der Waals surface area contributed by atoms with Crippen LogP contribution in [0, 0.1) is 10.1 Å². The van der Waals surface area contributed by atoms with Crippen LogP contribution in [0.5, 0.6) is 0 Å². The SMILES string of the molecule is COCCNc1c([N+](=O)[O-])cc(C(F)(F)F)c2sc(=O)sc12. The maximum Gasteiger partial charge on any atom is 0.418 e. The molecule has 0 amide bonds. The van der Waals surface area contributed by atoms with Gasteiger partial charge >= 0.3 is 6.18 Å². The zero-order chi connectivity index (χ0) is 16.5. The Balaban J connectivity index is 2.74. The van der Waals surface area contributed by atoms with Crippen molar-refractivity contribution in [2.45, 2.75) is 6.18 Å².